The average Bonchev–Trinajstić information content (AvgIpc) is 2.55. The minimum Gasteiger partial charge on any atom is -0.493 e. The number of amides is 1. The molecule has 3 N–H and O–H groups in total. The third-order valence-electron chi connectivity index (χ3n) is 3.25. The minimum absolute atomic E-state index is 0. The molecule has 0 aliphatic carbocycles. The molecule has 0 fully saturated rings. The van der Waals surface area contributed by atoms with E-state index in [1.165, 1.54) is 6.20 Å². The number of ether oxygens (including phenoxy) is 2. The van der Waals surface area contributed by atoms with Gasteiger partial charge in [0.05, 0.1) is 19.8 Å². The number of methoxy groups -OCH3 is 2. The largest absolute Gasteiger partial charge is 0.493 e. The van der Waals surface area contributed by atoms with E-state index in [0.29, 0.717) is 35.7 Å². The molecule has 124 valence electrons. The fourth-order valence-electron chi connectivity index (χ4n) is 2.05. The second-order valence-corrected chi connectivity index (χ2v) is 4.66. The minimum atomic E-state index is -0.230. The Balaban J connectivity index is 0.00000264. The Hall–Kier alpha value is -2.47. The maximum absolute atomic E-state index is 12.0. The van der Waals surface area contributed by atoms with Crippen molar-refractivity contribution in [2.45, 2.75) is 6.42 Å². The van der Waals surface area contributed by atoms with E-state index in [1.54, 1.807) is 26.5 Å². The molecule has 0 atom stereocenters. The van der Waals surface area contributed by atoms with Crippen LogP contribution in [0.15, 0.2) is 36.7 Å². The molecule has 2 rings (SSSR count). The molecule has 0 radical (unpaired) electrons. The SMILES string of the molecule is COc1ccc(CCNC(=O)c2cnccc2N)cc1OC.Cl. The molecule has 0 aliphatic heterocycles. The van der Waals surface area contributed by atoms with Crippen LogP contribution in [0.2, 0.25) is 0 Å². The number of pyridine rings is 1. The summed E-state index contributed by atoms with van der Waals surface area (Å²) in [5.41, 5.74) is 7.58. The van der Waals surface area contributed by atoms with Gasteiger partial charge in [0.15, 0.2) is 11.5 Å². The van der Waals surface area contributed by atoms with Crippen LogP contribution >= 0.6 is 12.4 Å². The molecular formula is C16H20ClN3O3. The topological polar surface area (TPSA) is 86.5 Å². The summed E-state index contributed by atoms with van der Waals surface area (Å²) in [6.07, 6.45) is 3.68. The molecule has 0 unspecified atom stereocenters. The zero-order valence-electron chi connectivity index (χ0n) is 13.0. The van der Waals surface area contributed by atoms with Crippen molar-refractivity contribution in [3.63, 3.8) is 0 Å². The molecule has 2 aromatic rings. The zero-order valence-corrected chi connectivity index (χ0v) is 13.9. The van der Waals surface area contributed by atoms with E-state index < -0.39 is 0 Å². The number of anilines is 1. The summed E-state index contributed by atoms with van der Waals surface area (Å²) < 4.78 is 10.4. The number of nitrogens with zero attached hydrogens (tertiary/aromatic N) is 1. The number of hydrogen-bond donors (Lipinski definition) is 2. The number of nitrogen functional groups attached to an aromatic ring is 1. The number of halogens is 1. The summed E-state index contributed by atoms with van der Waals surface area (Å²) in [6.45, 7) is 0.489. The average molecular weight is 338 g/mol. The number of aromatic nitrogens is 1. The third-order valence-corrected chi connectivity index (χ3v) is 3.25. The number of hydrogen-bond acceptors (Lipinski definition) is 5. The van der Waals surface area contributed by atoms with Crippen LogP contribution in [0.4, 0.5) is 5.69 Å². The van der Waals surface area contributed by atoms with Crippen molar-refractivity contribution in [1.82, 2.24) is 10.3 Å². The van der Waals surface area contributed by atoms with Gasteiger partial charge in [0.2, 0.25) is 0 Å². The van der Waals surface area contributed by atoms with Gasteiger partial charge in [-0.05, 0) is 30.2 Å². The zero-order chi connectivity index (χ0) is 15.9. The van der Waals surface area contributed by atoms with E-state index in [1.807, 2.05) is 18.2 Å². The Morgan fingerprint density at radius 2 is 1.96 bits per heavy atom. The first kappa shape index (κ1) is 18.6. The lowest BCUT2D eigenvalue weighted by molar-refractivity contribution is 0.0954. The lowest BCUT2D eigenvalue weighted by Crippen LogP contribution is -2.26. The van der Waals surface area contributed by atoms with Gasteiger partial charge in [-0.2, -0.15) is 0 Å². The van der Waals surface area contributed by atoms with Gasteiger partial charge in [0.25, 0.3) is 5.91 Å². The highest BCUT2D eigenvalue weighted by Gasteiger charge is 2.09. The van der Waals surface area contributed by atoms with Crippen molar-refractivity contribution < 1.29 is 14.3 Å². The molecule has 6 nitrogen and oxygen atoms in total. The van der Waals surface area contributed by atoms with Gasteiger partial charge in [0, 0.05) is 24.6 Å². The lowest BCUT2D eigenvalue weighted by atomic mass is 10.1. The standard InChI is InChI=1S/C16H19N3O3.ClH/c1-21-14-4-3-11(9-15(14)22-2)5-8-19-16(20)12-10-18-7-6-13(12)17;/h3-4,6-7,9-10H,5,8H2,1-2H3,(H2,17,18)(H,19,20);1H. The van der Waals surface area contributed by atoms with Crippen LogP contribution in [0, 0.1) is 0 Å². The van der Waals surface area contributed by atoms with E-state index in [0.717, 1.165) is 5.56 Å². The lowest BCUT2D eigenvalue weighted by Gasteiger charge is -2.10. The van der Waals surface area contributed by atoms with Crippen LogP contribution < -0.4 is 20.5 Å². The Kier molecular flexibility index (Phi) is 7.15. The number of nitrogens with one attached hydrogen (secondary N) is 1. The fourth-order valence-corrected chi connectivity index (χ4v) is 2.05. The first-order valence-electron chi connectivity index (χ1n) is 6.84. The Labute approximate surface area is 141 Å². The van der Waals surface area contributed by atoms with E-state index in [9.17, 15) is 4.79 Å². The number of carbonyl (C=O) groups excluding carboxylic acids is 1. The molecule has 1 amide bonds. The van der Waals surface area contributed by atoms with E-state index in [-0.39, 0.29) is 18.3 Å². The molecule has 7 heteroatoms. The Morgan fingerprint density at radius 3 is 2.61 bits per heavy atom. The summed E-state index contributed by atoms with van der Waals surface area (Å²) in [6, 6.07) is 7.27. The highest BCUT2D eigenvalue weighted by Crippen LogP contribution is 2.27. The Morgan fingerprint density at radius 1 is 1.22 bits per heavy atom. The molecule has 0 aliphatic rings. The molecule has 0 spiro atoms. The second-order valence-electron chi connectivity index (χ2n) is 4.66. The van der Waals surface area contributed by atoms with Crippen LogP contribution in [-0.4, -0.2) is 31.7 Å². The molecule has 0 saturated carbocycles. The van der Waals surface area contributed by atoms with Crippen molar-refractivity contribution >= 4 is 24.0 Å². The summed E-state index contributed by atoms with van der Waals surface area (Å²) in [4.78, 5) is 15.9. The highest BCUT2D eigenvalue weighted by atomic mass is 35.5. The first-order valence-corrected chi connectivity index (χ1v) is 6.84. The number of benzene rings is 1. The molecule has 1 aromatic carbocycles. The van der Waals surface area contributed by atoms with Crippen molar-refractivity contribution in [2.24, 2.45) is 0 Å². The van der Waals surface area contributed by atoms with Gasteiger partial charge in [-0.3, -0.25) is 9.78 Å². The normalized spacial score (nSPS) is 9.65. The van der Waals surface area contributed by atoms with Crippen LogP contribution in [-0.2, 0) is 6.42 Å². The summed E-state index contributed by atoms with van der Waals surface area (Å²) >= 11 is 0. The molecule has 0 saturated heterocycles. The maximum Gasteiger partial charge on any atom is 0.254 e. The maximum atomic E-state index is 12.0. The molecule has 23 heavy (non-hydrogen) atoms. The van der Waals surface area contributed by atoms with Gasteiger partial charge in [-0.25, -0.2) is 0 Å². The van der Waals surface area contributed by atoms with Crippen LogP contribution in [0.1, 0.15) is 15.9 Å². The van der Waals surface area contributed by atoms with Crippen molar-refractivity contribution in [2.75, 3.05) is 26.5 Å². The third kappa shape index (κ3) is 4.75. The number of carbonyl (C=O) groups is 1. The predicted octanol–water partition coefficient (Wildman–Crippen LogP) is 2.08. The van der Waals surface area contributed by atoms with Crippen LogP contribution in [0.25, 0.3) is 0 Å². The molecule has 1 aromatic heterocycles. The van der Waals surface area contributed by atoms with Gasteiger partial charge in [0.1, 0.15) is 0 Å². The van der Waals surface area contributed by atoms with E-state index in [4.69, 9.17) is 15.2 Å². The van der Waals surface area contributed by atoms with E-state index in [2.05, 4.69) is 10.3 Å². The quantitative estimate of drug-likeness (QED) is 0.842. The smallest absolute Gasteiger partial charge is 0.254 e. The highest BCUT2D eigenvalue weighted by molar-refractivity contribution is 5.98. The van der Waals surface area contributed by atoms with Crippen LogP contribution in [0.3, 0.4) is 0 Å². The molecule has 1 heterocycles. The van der Waals surface area contributed by atoms with Gasteiger partial charge in [-0.15, -0.1) is 12.4 Å². The van der Waals surface area contributed by atoms with Crippen LogP contribution in [0.5, 0.6) is 11.5 Å². The molecule has 0 bridgehead atoms. The first-order chi connectivity index (χ1) is 10.7. The van der Waals surface area contributed by atoms with Gasteiger partial charge < -0.3 is 20.5 Å². The van der Waals surface area contributed by atoms with Gasteiger partial charge in [-0.1, -0.05) is 6.07 Å². The van der Waals surface area contributed by atoms with E-state index >= 15 is 0 Å². The summed E-state index contributed by atoms with van der Waals surface area (Å²) in [5.74, 6) is 1.12. The summed E-state index contributed by atoms with van der Waals surface area (Å²) in [5, 5.41) is 2.82. The fraction of sp³-hybridized carbons (Fsp3) is 0.250. The second kappa shape index (κ2) is 8.85. The van der Waals surface area contributed by atoms with Gasteiger partial charge >= 0.3 is 0 Å². The molecular weight excluding hydrogens is 318 g/mol. The monoisotopic (exact) mass is 337 g/mol. The number of rotatable bonds is 6. The van der Waals surface area contributed by atoms with Crippen molar-refractivity contribution in [3.8, 4) is 11.5 Å². The summed E-state index contributed by atoms with van der Waals surface area (Å²) in [7, 11) is 3.19. The van der Waals surface area contributed by atoms with Crippen molar-refractivity contribution in [1.29, 1.82) is 0 Å². The Bertz CT molecular complexity index is 665. The predicted molar refractivity (Wildman–Crippen MR) is 91.5 cm³/mol. The van der Waals surface area contributed by atoms with Crippen molar-refractivity contribution in [3.05, 3.63) is 47.8 Å². The number of nitrogens with two attached hydrogens (primary N) is 1.